The van der Waals surface area contributed by atoms with Crippen molar-refractivity contribution in [2.45, 2.75) is 6.42 Å². The van der Waals surface area contributed by atoms with Crippen LogP contribution in [0.1, 0.15) is 15.9 Å². The highest BCUT2D eigenvalue weighted by molar-refractivity contribution is 5.92. The number of ether oxygens (including phenoxy) is 5. The lowest BCUT2D eigenvalue weighted by Gasteiger charge is -2.12. The molecule has 0 aliphatic carbocycles. The summed E-state index contributed by atoms with van der Waals surface area (Å²) < 4.78 is 25.8. The maximum Gasteiger partial charge on any atom is 0.341 e. The Bertz CT molecular complexity index is 851. The molecule has 8 heteroatoms. The minimum atomic E-state index is -0.559. The molecule has 1 amide bonds. The summed E-state index contributed by atoms with van der Waals surface area (Å²) in [6, 6.07) is 10.2. The lowest BCUT2D eigenvalue weighted by Crippen LogP contribution is -2.30. The van der Waals surface area contributed by atoms with Crippen LogP contribution in [-0.2, 0) is 16.0 Å². The minimum Gasteiger partial charge on any atom is -0.497 e. The number of amides is 1. The molecule has 0 atom stereocenters. The molecule has 0 saturated carbocycles. The molecule has 2 aromatic rings. The summed E-state index contributed by atoms with van der Waals surface area (Å²) >= 11 is 0. The van der Waals surface area contributed by atoms with E-state index in [9.17, 15) is 9.59 Å². The third kappa shape index (κ3) is 6.03. The maximum atomic E-state index is 12.1. The van der Waals surface area contributed by atoms with Crippen LogP contribution in [0.3, 0.4) is 0 Å². The largest absolute Gasteiger partial charge is 0.497 e. The molecule has 156 valence electrons. The fourth-order valence-corrected chi connectivity index (χ4v) is 2.60. The third-order valence-electron chi connectivity index (χ3n) is 4.14. The Morgan fingerprint density at radius 3 is 2.28 bits per heavy atom. The van der Waals surface area contributed by atoms with Gasteiger partial charge in [0, 0.05) is 12.6 Å². The Labute approximate surface area is 169 Å². The van der Waals surface area contributed by atoms with Crippen molar-refractivity contribution in [3.05, 3.63) is 47.5 Å². The van der Waals surface area contributed by atoms with Crippen molar-refractivity contribution in [3.63, 3.8) is 0 Å². The Morgan fingerprint density at radius 1 is 0.862 bits per heavy atom. The Morgan fingerprint density at radius 2 is 1.62 bits per heavy atom. The van der Waals surface area contributed by atoms with Crippen molar-refractivity contribution in [2.75, 3.05) is 41.6 Å². The molecule has 2 rings (SSSR count). The summed E-state index contributed by atoms with van der Waals surface area (Å²) in [5.41, 5.74) is 1.20. The van der Waals surface area contributed by atoms with Crippen LogP contribution in [0.25, 0.3) is 0 Å². The summed E-state index contributed by atoms with van der Waals surface area (Å²) in [7, 11) is 5.92. The number of rotatable bonds is 10. The van der Waals surface area contributed by atoms with Gasteiger partial charge in [-0.05, 0) is 36.2 Å². The van der Waals surface area contributed by atoms with Gasteiger partial charge in [-0.15, -0.1) is 0 Å². The second kappa shape index (κ2) is 10.8. The first-order chi connectivity index (χ1) is 14.0. The lowest BCUT2D eigenvalue weighted by atomic mass is 10.1. The smallest absolute Gasteiger partial charge is 0.341 e. The van der Waals surface area contributed by atoms with E-state index in [0.29, 0.717) is 30.2 Å². The predicted molar refractivity (Wildman–Crippen MR) is 106 cm³/mol. The highest BCUT2D eigenvalue weighted by Crippen LogP contribution is 2.28. The predicted octanol–water partition coefficient (Wildman–Crippen LogP) is 2.24. The van der Waals surface area contributed by atoms with Crippen LogP contribution in [0.2, 0.25) is 0 Å². The van der Waals surface area contributed by atoms with E-state index in [1.807, 2.05) is 18.2 Å². The van der Waals surface area contributed by atoms with Gasteiger partial charge >= 0.3 is 5.97 Å². The van der Waals surface area contributed by atoms with Crippen LogP contribution in [0.4, 0.5) is 0 Å². The van der Waals surface area contributed by atoms with Gasteiger partial charge in [0.1, 0.15) is 17.1 Å². The van der Waals surface area contributed by atoms with E-state index in [1.54, 1.807) is 20.3 Å². The van der Waals surface area contributed by atoms with Crippen molar-refractivity contribution >= 4 is 11.9 Å². The number of nitrogens with one attached hydrogen (secondary N) is 1. The molecule has 8 nitrogen and oxygen atoms in total. The topological polar surface area (TPSA) is 92.3 Å². The van der Waals surface area contributed by atoms with Gasteiger partial charge in [-0.3, -0.25) is 4.79 Å². The van der Waals surface area contributed by atoms with Crippen LogP contribution in [0, 0.1) is 0 Å². The molecule has 29 heavy (non-hydrogen) atoms. The Kier molecular flexibility index (Phi) is 8.14. The van der Waals surface area contributed by atoms with E-state index in [1.165, 1.54) is 26.4 Å². The van der Waals surface area contributed by atoms with Crippen molar-refractivity contribution in [1.29, 1.82) is 0 Å². The number of carbonyl (C=O) groups is 2. The minimum absolute atomic E-state index is 0.214. The molecule has 0 heterocycles. The van der Waals surface area contributed by atoms with Gasteiger partial charge in [0.25, 0.3) is 5.91 Å². The van der Waals surface area contributed by atoms with Gasteiger partial charge in [0.05, 0.1) is 28.4 Å². The second-order valence-electron chi connectivity index (χ2n) is 5.93. The summed E-state index contributed by atoms with van der Waals surface area (Å²) in [5.74, 6) is 1.12. The SMILES string of the molecule is COC(=O)c1ccc(OC)cc1OCC(=O)NCCc1ccc(OC)c(OC)c1. The van der Waals surface area contributed by atoms with Crippen LogP contribution >= 0.6 is 0 Å². The van der Waals surface area contributed by atoms with E-state index in [4.69, 9.17) is 23.7 Å². The maximum absolute atomic E-state index is 12.1. The molecule has 0 fully saturated rings. The first-order valence-electron chi connectivity index (χ1n) is 8.89. The van der Waals surface area contributed by atoms with E-state index in [2.05, 4.69) is 5.32 Å². The van der Waals surface area contributed by atoms with Gasteiger partial charge in [0.2, 0.25) is 0 Å². The molecule has 1 N–H and O–H groups in total. The highest BCUT2D eigenvalue weighted by atomic mass is 16.5. The van der Waals surface area contributed by atoms with Crippen LogP contribution in [-0.4, -0.2) is 53.5 Å². The number of hydrogen-bond donors (Lipinski definition) is 1. The zero-order valence-electron chi connectivity index (χ0n) is 16.9. The number of methoxy groups -OCH3 is 4. The average Bonchev–Trinajstić information content (AvgIpc) is 2.76. The highest BCUT2D eigenvalue weighted by Gasteiger charge is 2.15. The average molecular weight is 403 g/mol. The monoisotopic (exact) mass is 403 g/mol. The standard InChI is InChI=1S/C21H25NO7/c1-25-15-6-7-16(21(24)28-4)18(12-15)29-13-20(23)22-10-9-14-5-8-17(26-2)19(11-14)27-3/h5-8,11-12H,9-10,13H2,1-4H3,(H,22,23). The quantitative estimate of drug-likeness (QED) is 0.608. The molecule has 0 radical (unpaired) electrons. The molecule has 0 aromatic heterocycles. The third-order valence-corrected chi connectivity index (χ3v) is 4.14. The van der Waals surface area contributed by atoms with Crippen molar-refractivity contribution in [2.24, 2.45) is 0 Å². The summed E-state index contributed by atoms with van der Waals surface area (Å²) in [5, 5.41) is 2.78. The molecule has 0 bridgehead atoms. The zero-order valence-corrected chi connectivity index (χ0v) is 16.9. The van der Waals surface area contributed by atoms with Crippen LogP contribution in [0.15, 0.2) is 36.4 Å². The van der Waals surface area contributed by atoms with Gasteiger partial charge in [-0.1, -0.05) is 6.07 Å². The second-order valence-corrected chi connectivity index (χ2v) is 5.93. The number of benzene rings is 2. The van der Waals surface area contributed by atoms with E-state index >= 15 is 0 Å². The fraction of sp³-hybridized carbons (Fsp3) is 0.333. The Hall–Kier alpha value is -3.42. The summed E-state index contributed by atoms with van der Waals surface area (Å²) in [4.78, 5) is 23.9. The summed E-state index contributed by atoms with van der Waals surface area (Å²) in [6.45, 7) is 0.169. The van der Waals surface area contributed by atoms with E-state index < -0.39 is 5.97 Å². The van der Waals surface area contributed by atoms with Crippen molar-refractivity contribution in [3.8, 4) is 23.0 Å². The van der Waals surface area contributed by atoms with Crippen LogP contribution in [0.5, 0.6) is 23.0 Å². The zero-order chi connectivity index (χ0) is 21.2. The summed E-state index contributed by atoms with van der Waals surface area (Å²) in [6.07, 6.45) is 0.610. The van der Waals surface area contributed by atoms with Crippen molar-refractivity contribution < 1.29 is 33.3 Å². The number of carbonyl (C=O) groups excluding carboxylic acids is 2. The van der Waals surface area contributed by atoms with Crippen LogP contribution < -0.4 is 24.3 Å². The number of esters is 1. The molecular formula is C21H25NO7. The van der Waals surface area contributed by atoms with Crippen molar-refractivity contribution in [1.82, 2.24) is 5.32 Å². The van der Waals surface area contributed by atoms with E-state index in [0.717, 1.165) is 5.56 Å². The number of hydrogen-bond acceptors (Lipinski definition) is 7. The molecule has 0 aliphatic rings. The van der Waals surface area contributed by atoms with Gasteiger partial charge in [-0.25, -0.2) is 4.79 Å². The van der Waals surface area contributed by atoms with Gasteiger partial charge < -0.3 is 29.0 Å². The fourth-order valence-electron chi connectivity index (χ4n) is 2.60. The first kappa shape index (κ1) is 21.9. The van der Waals surface area contributed by atoms with Gasteiger partial charge in [-0.2, -0.15) is 0 Å². The molecule has 2 aromatic carbocycles. The molecule has 0 unspecified atom stereocenters. The molecule has 0 saturated heterocycles. The van der Waals surface area contributed by atoms with E-state index in [-0.39, 0.29) is 23.8 Å². The van der Waals surface area contributed by atoms with Gasteiger partial charge in [0.15, 0.2) is 18.1 Å². The first-order valence-corrected chi connectivity index (χ1v) is 8.89. The normalized spacial score (nSPS) is 10.1. The Balaban J connectivity index is 1.90. The molecule has 0 spiro atoms. The molecule has 0 aliphatic heterocycles. The lowest BCUT2D eigenvalue weighted by molar-refractivity contribution is -0.123. The molecular weight excluding hydrogens is 378 g/mol.